The lowest BCUT2D eigenvalue weighted by molar-refractivity contribution is -0.0218. The van der Waals surface area contributed by atoms with E-state index >= 15 is 0 Å². The number of fused-ring (bicyclic) bond motifs is 1. The molecule has 0 unspecified atom stereocenters. The summed E-state index contributed by atoms with van der Waals surface area (Å²) in [5, 5.41) is 9.41. The van der Waals surface area contributed by atoms with Gasteiger partial charge in [-0.1, -0.05) is 101 Å². The third-order valence-electron chi connectivity index (χ3n) is 11.7. The van der Waals surface area contributed by atoms with Crippen molar-refractivity contribution in [1.82, 2.24) is 0 Å². The molecular weight excluding hydrogens is 673 g/mol. The lowest BCUT2D eigenvalue weighted by Gasteiger charge is -2.46. The zero-order valence-electron chi connectivity index (χ0n) is 34.9. The first-order chi connectivity index (χ1) is 23.7. The number of carbonyl (C=O) groups is 1. The summed E-state index contributed by atoms with van der Waals surface area (Å²) in [6.45, 7) is 31.6. The normalized spacial score (nSPS) is 21.3. The van der Waals surface area contributed by atoms with Crippen molar-refractivity contribution in [1.29, 1.82) is 0 Å². The number of benzene rings is 1. The van der Waals surface area contributed by atoms with Gasteiger partial charge in [0.1, 0.15) is 23.2 Å². The number of methoxy groups -OCH3 is 2. The Balaban J connectivity index is 2.76. The average Bonchev–Trinajstić information content (AvgIpc) is 3.04. The number of aliphatic hydroxyl groups excluding tert-OH is 1. The first-order valence-electron chi connectivity index (χ1n) is 19.2. The number of cyclic esters (lactones) is 1. The molecule has 2 rings (SSSR count). The highest BCUT2D eigenvalue weighted by atomic mass is 28.4. The maximum atomic E-state index is 14.6. The largest absolute Gasteiger partial charge is 0.497 e. The Morgan fingerprint density at radius 3 is 2.04 bits per heavy atom. The number of ether oxygens (including phenoxy) is 3. The van der Waals surface area contributed by atoms with Gasteiger partial charge in [-0.3, -0.25) is 0 Å². The minimum Gasteiger partial charge on any atom is -0.497 e. The predicted molar refractivity (Wildman–Crippen MR) is 216 cm³/mol. The molecule has 0 aliphatic carbocycles. The van der Waals surface area contributed by atoms with Crippen LogP contribution in [0.25, 0.3) is 0 Å². The fourth-order valence-electron chi connectivity index (χ4n) is 7.62. The quantitative estimate of drug-likeness (QED) is 0.0828. The second kappa shape index (κ2) is 19.3. The Kier molecular flexibility index (Phi) is 17.0. The topological polar surface area (TPSA) is 83.5 Å². The van der Waals surface area contributed by atoms with Crippen molar-refractivity contribution < 1.29 is 33.0 Å². The van der Waals surface area contributed by atoms with Crippen molar-refractivity contribution in [2.24, 2.45) is 17.8 Å². The van der Waals surface area contributed by atoms with E-state index in [4.69, 9.17) is 23.1 Å². The molecule has 1 heterocycles. The van der Waals surface area contributed by atoms with Gasteiger partial charge in [-0.25, -0.2) is 4.79 Å². The predicted octanol–water partition coefficient (Wildman–Crippen LogP) is 10.4. The van der Waals surface area contributed by atoms with E-state index < -0.39 is 28.7 Å². The standard InChI is InChI=1S/C42H72O7Si2/c1-28(2)51(29(3)4,30(5)6)48-37-26-34-25-35(45-13)27-38(46-14)39(34)41(44)47-36(23-18-17-21-31(37)7)33(9)40(32(8)22-19-20-24-43)49-50(15,16)42(10,11)12/h19-20,25,27-33,36-37,40,43H,21-24,26H2,1-16H3/b20-19-/t31-,32+,33+,36-,37+,40+/m0/s1. The number of allylic oxidation sites excluding steroid dienone is 1. The van der Waals surface area contributed by atoms with Crippen LogP contribution in [0.3, 0.4) is 0 Å². The van der Waals surface area contributed by atoms with Crippen LogP contribution in [0, 0.1) is 29.6 Å². The highest BCUT2D eigenvalue weighted by Gasteiger charge is 2.48. The van der Waals surface area contributed by atoms with Gasteiger partial charge in [0.2, 0.25) is 8.32 Å². The van der Waals surface area contributed by atoms with Crippen LogP contribution in [0.2, 0.25) is 34.8 Å². The van der Waals surface area contributed by atoms with Gasteiger partial charge in [-0.05, 0) is 71.1 Å². The first kappa shape index (κ1) is 45.1. The lowest BCUT2D eigenvalue weighted by Crippen LogP contribution is -2.51. The number of carbonyl (C=O) groups excluding carboxylic acids is 1. The molecule has 0 amide bonds. The summed E-state index contributed by atoms with van der Waals surface area (Å²) in [6.07, 6.45) is 5.20. The van der Waals surface area contributed by atoms with Crippen molar-refractivity contribution in [3.63, 3.8) is 0 Å². The fourth-order valence-corrected chi connectivity index (χ4v) is 14.8. The van der Waals surface area contributed by atoms with Crippen LogP contribution in [0.4, 0.5) is 0 Å². The summed E-state index contributed by atoms with van der Waals surface area (Å²) >= 11 is 0. The monoisotopic (exact) mass is 744 g/mol. The van der Waals surface area contributed by atoms with Crippen molar-refractivity contribution in [2.45, 2.75) is 162 Å². The van der Waals surface area contributed by atoms with E-state index in [1.807, 2.05) is 12.1 Å². The number of esters is 1. The molecule has 0 fully saturated rings. The van der Waals surface area contributed by atoms with Crippen LogP contribution in [-0.4, -0.2) is 66.8 Å². The highest BCUT2D eigenvalue weighted by molar-refractivity contribution is 6.77. The summed E-state index contributed by atoms with van der Waals surface area (Å²) in [5.74, 6) is 7.59. The molecule has 0 saturated carbocycles. The molecule has 0 bridgehead atoms. The molecule has 9 heteroatoms. The molecule has 0 spiro atoms. The Hall–Kier alpha value is -2.10. The molecule has 1 aliphatic rings. The van der Waals surface area contributed by atoms with E-state index in [-0.39, 0.29) is 41.6 Å². The maximum Gasteiger partial charge on any atom is 0.342 e. The van der Waals surface area contributed by atoms with E-state index in [2.05, 4.69) is 108 Å². The van der Waals surface area contributed by atoms with Gasteiger partial charge >= 0.3 is 5.97 Å². The molecule has 0 saturated heterocycles. The van der Waals surface area contributed by atoms with E-state index in [1.54, 1.807) is 26.4 Å². The summed E-state index contributed by atoms with van der Waals surface area (Å²) in [4.78, 5) is 14.6. The van der Waals surface area contributed by atoms with Gasteiger partial charge in [-0.15, -0.1) is 5.92 Å². The van der Waals surface area contributed by atoms with Gasteiger partial charge in [0.15, 0.2) is 8.32 Å². The van der Waals surface area contributed by atoms with Gasteiger partial charge in [0.05, 0.1) is 33.0 Å². The smallest absolute Gasteiger partial charge is 0.342 e. The van der Waals surface area contributed by atoms with Gasteiger partial charge < -0.3 is 28.2 Å². The lowest BCUT2D eigenvalue weighted by atomic mass is 9.86. The van der Waals surface area contributed by atoms with Crippen molar-refractivity contribution in [3.8, 4) is 23.3 Å². The third kappa shape index (κ3) is 11.2. The summed E-state index contributed by atoms with van der Waals surface area (Å²) in [5.41, 5.74) is 2.44. The number of aliphatic hydroxyl groups is 1. The highest BCUT2D eigenvalue weighted by Crippen LogP contribution is 2.45. The van der Waals surface area contributed by atoms with Crippen LogP contribution in [0.15, 0.2) is 24.3 Å². The zero-order chi connectivity index (χ0) is 38.9. The molecular formula is C42H72O7Si2. The minimum atomic E-state index is -2.28. The van der Waals surface area contributed by atoms with Gasteiger partial charge in [0.25, 0.3) is 0 Å². The fraction of sp³-hybridized carbons (Fsp3) is 0.738. The van der Waals surface area contributed by atoms with Crippen LogP contribution < -0.4 is 9.47 Å². The van der Waals surface area contributed by atoms with E-state index in [1.165, 1.54) is 0 Å². The average molecular weight is 745 g/mol. The van der Waals surface area contributed by atoms with E-state index in [9.17, 15) is 9.90 Å². The Labute approximate surface area is 313 Å². The van der Waals surface area contributed by atoms with Crippen LogP contribution >= 0.6 is 0 Å². The SMILES string of the molecule is COc1cc2c(c(OC)c1)C(=O)O[C@H]([C@@H](C)[C@H](O[Si](C)(C)C(C)(C)C)[C@H](C)C/C=C\CO)CC#CC[C@H](C)[C@H](O[Si](C(C)C)(C(C)C)C(C)C)C2. The summed E-state index contributed by atoms with van der Waals surface area (Å²) in [7, 11) is -1.28. The van der Waals surface area contributed by atoms with E-state index in [0.717, 1.165) is 12.0 Å². The number of hydrogen-bond donors (Lipinski definition) is 1. The molecule has 6 atom stereocenters. The third-order valence-corrected chi connectivity index (χ3v) is 22.3. The summed E-state index contributed by atoms with van der Waals surface area (Å²) < 4.78 is 32.7. The molecule has 7 nitrogen and oxygen atoms in total. The Morgan fingerprint density at radius 1 is 0.941 bits per heavy atom. The van der Waals surface area contributed by atoms with Crippen molar-refractivity contribution in [2.75, 3.05) is 20.8 Å². The van der Waals surface area contributed by atoms with Gasteiger partial charge in [-0.2, -0.15) is 0 Å². The zero-order valence-corrected chi connectivity index (χ0v) is 36.9. The van der Waals surface area contributed by atoms with Crippen LogP contribution in [-0.2, 0) is 20.0 Å². The molecule has 0 aromatic heterocycles. The Bertz CT molecular complexity index is 1330. The minimum absolute atomic E-state index is 0.00219. The van der Waals surface area contributed by atoms with Crippen molar-refractivity contribution >= 4 is 22.6 Å². The van der Waals surface area contributed by atoms with Gasteiger partial charge in [0, 0.05) is 24.8 Å². The van der Waals surface area contributed by atoms with Crippen molar-refractivity contribution in [3.05, 3.63) is 35.4 Å². The second-order valence-electron chi connectivity index (χ2n) is 17.3. The number of rotatable bonds is 15. The molecule has 1 aromatic carbocycles. The number of hydrogen-bond acceptors (Lipinski definition) is 7. The molecule has 1 aliphatic heterocycles. The van der Waals surface area contributed by atoms with Crippen LogP contribution in [0.5, 0.6) is 11.5 Å². The molecule has 0 radical (unpaired) electrons. The molecule has 51 heavy (non-hydrogen) atoms. The Morgan fingerprint density at radius 2 is 1.53 bits per heavy atom. The molecule has 1 aromatic rings. The maximum absolute atomic E-state index is 14.6. The second-order valence-corrected chi connectivity index (χ2v) is 27.5. The van der Waals surface area contributed by atoms with Crippen LogP contribution in [0.1, 0.15) is 118 Å². The summed E-state index contributed by atoms with van der Waals surface area (Å²) in [6, 6.07) is 3.71. The molecule has 1 N–H and O–H groups in total. The van der Waals surface area contributed by atoms with E-state index in [0.29, 0.717) is 52.9 Å². The molecule has 290 valence electrons. The first-order valence-corrected chi connectivity index (χ1v) is 24.3.